The van der Waals surface area contributed by atoms with E-state index in [9.17, 15) is 18.0 Å². The minimum absolute atomic E-state index is 0.0123. The van der Waals surface area contributed by atoms with E-state index in [-0.39, 0.29) is 16.5 Å². The molecule has 0 bridgehead atoms. The molecule has 0 fully saturated rings. The average molecular weight is 416 g/mol. The molecule has 1 N–H and O–H groups in total. The van der Waals surface area contributed by atoms with Gasteiger partial charge < -0.3 is 9.72 Å². The zero-order valence-corrected chi connectivity index (χ0v) is 15.1. The van der Waals surface area contributed by atoms with Crippen LogP contribution in [0.25, 0.3) is 11.5 Å². The summed E-state index contributed by atoms with van der Waals surface area (Å²) in [5.74, 6) is -1.39. The highest BCUT2D eigenvalue weighted by Crippen LogP contribution is 2.36. The van der Waals surface area contributed by atoms with Gasteiger partial charge in [0.1, 0.15) is 11.4 Å². The summed E-state index contributed by atoms with van der Waals surface area (Å²) in [5.41, 5.74) is -2.13. The van der Waals surface area contributed by atoms with Gasteiger partial charge >= 0.3 is 6.18 Å². The first-order valence-corrected chi connectivity index (χ1v) is 8.19. The van der Waals surface area contributed by atoms with Crippen molar-refractivity contribution >= 4 is 23.2 Å². The Bertz CT molecular complexity index is 1070. The predicted octanol–water partition coefficient (Wildman–Crippen LogP) is 5.26. The molecule has 10 heteroatoms. The Labute approximate surface area is 160 Å². The molecule has 0 atom stereocenters. The second kappa shape index (κ2) is 7.21. The lowest BCUT2D eigenvalue weighted by Crippen LogP contribution is -2.21. The molecule has 140 valence electrons. The van der Waals surface area contributed by atoms with Crippen molar-refractivity contribution in [2.45, 2.75) is 13.1 Å². The zero-order chi connectivity index (χ0) is 19.8. The summed E-state index contributed by atoms with van der Waals surface area (Å²) in [6.07, 6.45) is -3.63. The molecule has 0 amide bonds. The molecule has 0 radical (unpaired) electrons. The molecule has 27 heavy (non-hydrogen) atoms. The zero-order valence-electron chi connectivity index (χ0n) is 13.6. The Morgan fingerprint density at radius 3 is 2.52 bits per heavy atom. The lowest BCUT2D eigenvalue weighted by Gasteiger charge is -2.14. The van der Waals surface area contributed by atoms with Crippen molar-refractivity contribution in [1.82, 2.24) is 15.0 Å². The normalized spacial score (nSPS) is 11.5. The van der Waals surface area contributed by atoms with Crippen LogP contribution in [0, 0.1) is 6.92 Å². The molecular formula is C17H10Cl2F3N3O2. The summed E-state index contributed by atoms with van der Waals surface area (Å²) in [5, 5.41) is 0.446. The molecule has 0 unspecified atom stereocenters. The monoisotopic (exact) mass is 415 g/mol. The summed E-state index contributed by atoms with van der Waals surface area (Å²) in [6.45, 7) is 1.65. The number of hydrogen-bond donors (Lipinski definition) is 1. The van der Waals surface area contributed by atoms with Crippen LogP contribution in [0.2, 0.25) is 10.0 Å². The van der Waals surface area contributed by atoms with E-state index in [1.54, 1.807) is 6.92 Å². The third-order valence-corrected chi connectivity index (χ3v) is 4.21. The van der Waals surface area contributed by atoms with Crippen molar-refractivity contribution in [2.24, 2.45) is 0 Å². The van der Waals surface area contributed by atoms with Gasteiger partial charge in [-0.1, -0.05) is 23.2 Å². The Kier molecular flexibility index (Phi) is 5.12. The number of ether oxygens (including phenoxy) is 1. The highest BCUT2D eigenvalue weighted by Gasteiger charge is 2.39. The number of hydrogen-bond acceptors (Lipinski definition) is 4. The fraction of sp³-hybridized carbons (Fsp3) is 0.118. The van der Waals surface area contributed by atoms with Crippen LogP contribution >= 0.6 is 23.2 Å². The van der Waals surface area contributed by atoms with E-state index in [0.717, 1.165) is 0 Å². The van der Waals surface area contributed by atoms with Crippen LogP contribution in [0.3, 0.4) is 0 Å². The van der Waals surface area contributed by atoms with Gasteiger partial charge in [-0.15, -0.1) is 0 Å². The number of nitrogens with zero attached hydrogens (tertiary/aromatic N) is 2. The van der Waals surface area contributed by atoms with Gasteiger partial charge in [-0.3, -0.25) is 9.78 Å². The number of alkyl halides is 3. The van der Waals surface area contributed by atoms with Crippen molar-refractivity contribution in [3.8, 4) is 23.0 Å². The molecule has 3 aromatic rings. The minimum atomic E-state index is -4.94. The van der Waals surface area contributed by atoms with Crippen LogP contribution in [-0.4, -0.2) is 15.0 Å². The Balaban J connectivity index is 2.15. The van der Waals surface area contributed by atoms with Crippen molar-refractivity contribution in [1.29, 1.82) is 0 Å². The molecule has 5 nitrogen and oxygen atoms in total. The van der Waals surface area contributed by atoms with E-state index in [0.29, 0.717) is 10.6 Å². The number of rotatable bonds is 3. The summed E-state index contributed by atoms with van der Waals surface area (Å²) >= 11 is 11.8. The Hall–Kier alpha value is -2.58. The second-order valence-corrected chi connectivity index (χ2v) is 6.25. The van der Waals surface area contributed by atoms with E-state index in [2.05, 4.69) is 15.0 Å². The average Bonchev–Trinajstić information content (AvgIpc) is 2.59. The maximum atomic E-state index is 13.5. The third kappa shape index (κ3) is 4.06. The van der Waals surface area contributed by atoms with E-state index in [1.807, 2.05) is 0 Å². The van der Waals surface area contributed by atoms with Gasteiger partial charge in [0.05, 0.1) is 5.02 Å². The Morgan fingerprint density at radius 1 is 1.15 bits per heavy atom. The summed E-state index contributed by atoms with van der Waals surface area (Å²) in [7, 11) is 0. The molecule has 0 saturated carbocycles. The number of aromatic amines is 1. The Morgan fingerprint density at radius 2 is 1.89 bits per heavy atom. The number of aryl methyl sites for hydroxylation is 1. The molecule has 2 heterocycles. The predicted molar refractivity (Wildman–Crippen MR) is 94.4 cm³/mol. The summed E-state index contributed by atoms with van der Waals surface area (Å²) < 4.78 is 45.7. The standard InChI is InChI=1S/C17H10Cl2F3N3O2/c1-8-7-9(4-5-10(8)18)27-13-14(17(20,21)22)24-15(25-16(13)26)12-11(19)3-2-6-23-12/h2-7H,1H3,(H,24,25,26). The SMILES string of the molecule is Cc1cc(Oc2c(C(F)(F)F)nc(-c3ncccc3Cl)[nH]c2=O)ccc1Cl. The highest BCUT2D eigenvalue weighted by atomic mass is 35.5. The smallest absolute Gasteiger partial charge is 0.437 e. The summed E-state index contributed by atoms with van der Waals surface area (Å²) in [4.78, 5) is 21.9. The van der Waals surface area contributed by atoms with Crippen molar-refractivity contribution in [3.05, 3.63) is 68.2 Å². The minimum Gasteiger partial charge on any atom is -0.449 e. The van der Waals surface area contributed by atoms with Gasteiger partial charge in [0.15, 0.2) is 11.5 Å². The molecule has 3 rings (SSSR count). The second-order valence-electron chi connectivity index (χ2n) is 5.44. The lowest BCUT2D eigenvalue weighted by atomic mass is 10.2. The molecule has 0 spiro atoms. The van der Waals surface area contributed by atoms with E-state index in [1.165, 1.54) is 36.5 Å². The molecule has 0 saturated heterocycles. The van der Waals surface area contributed by atoms with Gasteiger partial charge in [-0.05, 0) is 42.8 Å². The van der Waals surface area contributed by atoms with Crippen LogP contribution in [0.5, 0.6) is 11.5 Å². The topological polar surface area (TPSA) is 67.9 Å². The van der Waals surface area contributed by atoms with Crippen molar-refractivity contribution in [2.75, 3.05) is 0 Å². The van der Waals surface area contributed by atoms with Gasteiger partial charge in [-0.2, -0.15) is 13.2 Å². The van der Waals surface area contributed by atoms with Gasteiger partial charge in [0, 0.05) is 11.2 Å². The first-order chi connectivity index (χ1) is 12.7. The first-order valence-electron chi connectivity index (χ1n) is 7.43. The maximum Gasteiger partial charge on any atom is 0.437 e. The van der Waals surface area contributed by atoms with E-state index < -0.39 is 29.0 Å². The summed E-state index contributed by atoms with van der Waals surface area (Å²) in [6, 6.07) is 7.11. The molecule has 0 aliphatic carbocycles. The number of nitrogens with one attached hydrogen (secondary N) is 1. The fourth-order valence-corrected chi connectivity index (χ4v) is 2.55. The number of benzene rings is 1. The number of aromatic nitrogens is 3. The van der Waals surface area contributed by atoms with Crippen LogP contribution in [0.4, 0.5) is 13.2 Å². The van der Waals surface area contributed by atoms with Crippen LogP contribution in [-0.2, 0) is 6.18 Å². The van der Waals surface area contributed by atoms with Gasteiger partial charge in [0.25, 0.3) is 5.56 Å². The fourth-order valence-electron chi connectivity index (χ4n) is 2.22. The molecule has 1 aromatic carbocycles. The molecular weight excluding hydrogens is 406 g/mol. The van der Waals surface area contributed by atoms with Crippen molar-refractivity contribution < 1.29 is 17.9 Å². The van der Waals surface area contributed by atoms with Crippen LogP contribution in [0.15, 0.2) is 41.3 Å². The van der Waals surface area contributed by atoms with Crippen LogP contribution < -0.4 is 10.3 Å². The maximum absolute atomic E-state index is 13.5. The third-order valence-electron chi connectivity index (χ3n) is 3.48. The molecule has 0 aliphatic heterocycles. The van der Waals surface area contributed by atoms with Gasteiger partial charge in [0.2, 0.25) is 5.75 Å². The molecule has 2 aromatic heterocycles. The molecule has 0 aliphatic rings. The van der Waals surface area contributed by atoms with Crippen molar-refractivity contribution in [3.63, 3.8) is 0 Å². The van der Waals surface area contributed by atoms with E-state index >= 15 is 0 Å². The quantitative estimate of drug-likeness (QED) is 0.633. The van der Waals surface area contributed by atoms with Gasteiger partial charge in [-0.25, -0.2) is 4.98 Å². The number of H-pyrrole nitrogens is 1. The van der Waals surface area contributed by atoms with Crippen LogP contribution in [0.1, 0.15) is 11.3 Å². The van der Waals surface area contributed by atoms with E-state index in [4.69, 9.17) is 27.9 Å². The lowest BCUT2D eigenvalue weighted by molar-refractivity contribution is -0.142. The first kappa shape index (κ1) is 19.2. The number of halogens is 5. The highest BCUT2D eigenvalue weighted by molar-refractivity contribution is 6.32. The number of pyridine rings is 1. The largest absolute Gasteiger partial charge is 0.449 e.